The Morgan fingerprint density at radius 3 is 2.62 bits per heavy atom. The molecule has 1 atom stereocenters. The van der Waals surface area contributed by atoms with Crippen LogP contribution in [0.3, 0.4) is 0 Å². The van der Waals surface area contributed by atoms with Gasteiger partial charge < -0.3 is 14.5 Å². The van der Waals surface area contributed by atoms with E-state index in [9.17, 15) is 18.8 Å². The van der Waals surface area contributed by atoms with E-state index in [1.165, 1.54) is 18.3 Å². The van der Waals surface area contributed by atoms with Crippen LogP contribution in [0.5, 0.6) is 0 Å². The SMILES string of the molecule is CCOC(=O)C1=CN2CCN(Cc3ccc(F)cc3)C(=O)C2C1=O. The maximum atomic E-state index is 13.0. The van der Waals surface area contributed by atoms with Crippen molar-refractivity contribution < 1.29 is 23.5 Å². The van der Waals surface area contributed by atoms with Crippen LogP contribution < -0.4 is 0 Å². The number of halogens is 1. The van der Waals surface area contributed by atoms with E-state index in [0.717, 1.165) is 5.56 Å². The first-order chi connectivity index (χ1) is 11.5. The number of ether oxygens (including phenoxy) is 1. The number of nitrogens with zero attached hydrogens (tertiary/aromatic N) is 2. The van der Waals surface area contributed by atoms with Gasteiger partial charge in [-0.25, -0.2) is 9.18 Å². The average molecular weight is 332 g/mol. The van der Waals surface area contributed by atoms with Gasteiger partial charge in [0.25, 0.3) is 5.91 Å². The van der Waals surface area contributed by atoms with Crippen LogP contribution in [0.1, 0.15) is 12.5 Å². The molecule has 1 aromatic rings. The first-order valence-electron chi connectivity index (χ1n) is 7.73. The Balaban J connectivity index is 1.73. The van der Waals surface area contributed by atoms with Crippen LogP contribution in [0.2, 0.25) is 0 Å². The summed E-state index contributed by atoms with van der Waals surface area (Å²) >= 11 is 0. The van der Waals surface area contributed by atoms with Crippen LogP contribution in [0, 0.1) is 5.82 Å². The van der Waals surface area contributed by atoms with Crippen LogP contribution in [0.25, 0.3) is 0 Å². The number of piperazine rings is 1. The molecule has 1 amide bonds. The van der Waals surface area contributed by atoms with E-state index in [2.05, 4.69) is 0 Å². The number of amides is 1. The molecule has 2 heterocycles. The Morgan fingerprint density at radius 1 is 1.25 bits per heavy atom. The van der Waals surface area contributed by atoms with Gasteiger partial charge in [-0.2, -0.15) is 0 Å². The van der Waals surface area contributed by atoms with Crippen molar-refractivity contribution in [2.24, 2.45) is 0 Å². The largest absolute Gasteiger partial charge is 0.462 e. The highest BCUT2D eigenvalue weighted by Crippen LogP contribution is 2.25. The Morgan fingerprint density at radius 2 is 1.96 bits per heavy atom. The number of fused-ring (bicyclic) bond motifs is 1. The van der Waals surface area contributed by atoms with Gasteiger partial charge in [-0.1, -0.05) is 12.1 Å². The average Bonchev–Trinajstić information content (AvgIpc) is 2.90. The Kier molecular flexibility index (Phi) is 4.33. The lowest BCUT2D eigenvalue weighted by atomic mass is 10.1. The highest BCUT2D eigenvalue weighted by Gasteiger charge is 2.46. The molecule has 0 aromatic heterocycles. The zero-order chi connectivity index (χ0) is 17.3. The highest BCUT2D eigenvalue weighted by molar-refractivity contribution is 6.26. The number of esters is 1. The summed E-state index contributed by atoms with van der Waals surface area (Å²) in [5.41, 5.74) is 0.695. The van der Waals surface area contributed by atoms with E-state index in [1.807, 2.05) is 0 Å². The van der Waals surface area contributed by atoms with E-state index in [4.69, 9.17) is 4.74 Å². The first-order valence-corrected chi connectivity index (χ1v) is 7.73. The highest BCUT2D eigenvalue weighted by atomic mass is 19.1. The summed E-state index contributed by atoms with van der Waals surface area (Å²) in [5.74, 6) is -1.92. The summed E-state index contributed by atoms with van der Waals surface area (Å²) in [6, 6.07) is 4.87. The normalized spacial score (nSPS) is 20.1. The predicted octanol–water partition coefficient (Wildman–Crippen LogP) is 0.868. The van der Waals surface area contributed by atoms with Crippen LogP contribution in [0.4, 0.5) is 4.39 Å². The number of ketones is 1. The van der Waals surface area contributed by atoms with E-state index >= 15 is 0 Å². The molecule has 0 aliphatic carbocycles. The Labute approximate surface area is 138 Å². The predicted molar refractivity (Wildman–Crippen MR) is 82.0 cm³/mol. The van der Waals surface area contributed by atoms with Crippen molar-refractivity contribution in [3.8, 4) is 0 Å². The third-order valence-corrected chi connectivity index (χ3v) is 4.10. The fourth-order valence-corrected chi connectivity index (χ4v) is 2.90. The summed E-state index contributed by atoms with van der Waals surface area (Å²) in [6.45, 7) is 2.99. The quantitative estimate of drug-likeness (QED) is 0.465. The molecule has 0 spiro atoms. The second-order valence-electron chi connectivity index (χ2n) is 5.65. The van der Waals surface area contributed by atoms with Crippen molar-refractivity contribution in [2.75, 3.05) is 19.7 Å². The smallest absolute Gasteiger partial charge is 0.343 e. The van der Waals surface area contributed by atoms with E-state index in [1.54, 1.807) is 28.9 Å². The second-order valence-corrected chi connectivity index (χ2v) is 5.65. The minimum absolute atomic E-state index is 0.0844. The van der Waals surface area contributed by atoms with Gasteiger partial charge in [-0.15, -0.1) is 0 Å². The van der Waals surface area contributed by atoms with Crippen molar-refractivity contribution in [1.29, 1.82) is 0 Å². The monoisotopic (exact) mass is 332 g/mol. The Bertz CT molecular complexity index is 714. The summed E-state index contributed by atoms with van der Waals surface area (Å²) in [6.07, 6.45) is 1.41. The molecule has 0 N–H and O–H groups in total. The standard InChI is InChI=1S/C17H17FN2O4/c1-2-24-17(23)13-10-19-7-8-20(16(22)14(19)15(13)21)9-11-3-5-12(18)6-4-11/h3-6,10,14H,2,7-9H2,1H3. The molecule has 0 saturated carbocycles. The van der Waals surface area contributed by atoms with Gasteiger partial charge in [0, 0.05) is 25.8 Å². The summed E-state index contributed by atoms with van der Waals surface area (Å²) in [4.78, 5) is 40.0. The van der Waals surface area contributed by atoms with E-state index < -0.39 is 17.8 Å². The summed E-state index contributed by atoms with van der Waals surface area (Å²) in [7, 11) is 0. The van der Waals surface area contributed by atoms with Gasteiger partial charge in [-0.3, -0.25) is 9.59 Å². The molecule has 0 radical (unpaired) electrons. The van der Waals surface area contributed by atoms with Gasteiger partial charge >= 0.3 is 5.97 Å². The third-order valence-electron chi connectivity index (χ3n) is 4.10. The number of carbonyl (C=O) groups is 3. The molecule has 1 unspecified atom stereocenters. The zero-order valence-electron chi connectivity index (χ0n) is 13.2. The van der Waals surface area contributed by atoms with Crippen molar-refractivity contribution >= 4 is 17.7 Å². The summed E-state index contributed by atoms with van der Waals surface area (Å²) in [5, 5.41) is 0. The Hall–Kier alpha value is -2.70. The zero-order valence-corrected chi connectivity index (χ0v) is 13.2. The molecular weight excluding hydrogens is 315 g/mol. The van der Waals surface area contributed by atoms with Crippen LogP contribution in [0.15, 0.2) is 36.0 Å². The van der Waals surface area contributed by atoms with Crippen molar-refractivity contribution in [2.45, 2.75) is 19.5 Å². The van der Waals surface area contributed by atoms with Gasteiger partial charge in [0.15, 0.2) is 6.04 Å². The lowest BCUT2D eigenvalue weighted by Gasteiger charge is -2.36. The lowest BCUT2D eigenvalue weighted by Crippen LogP contribution is -2.55. The molecule has 1 aromatic carbocycles. The molecule has 2 aliphatic rings. The molecular formula is C17H17FN2O4. The van der Waals surface area contributed by atoms with Gasteiger partial charge in [-0.05, 0) is 24.6 Å². The maximum absolute atomic E-state index is 13.0. The van der Waals surface area contributed by atoms with Crippen LogP contribution in [-0.4, -0.2) is 53.2 Å². The van der Waals surface area contributed by atoms with Crippen molar-refractivity contribution in [3.63, 3.8) is 0 Å². The molecule has 24 heavy (non-hydrogen) atoms. The van der Waals surface area contributed by atoms with Crippen molar-refractivity contribution in [1.82, 2.24) is 9.80 Å². The van der Waals surface area contributed by atoms with Gasteiger partial charge in [0.2, 0.25) is 5.78 Å². The molecule has 0 bridgehead atoms. The lowest BCUT2D eigenvalue weighted by molar-refractivity contribution is -0.144. The van der Waals surface area contributed by atoms with Crippen LogP contribution in [-0.2, 0) is 25.7 Å². The topological polar surface area (TPSA) is 66.9 Å². The van der Waals surface area contributed by atoms with Crippen molar-refractivity contribution in [3.05, 3.63) is 47.4 Å². The number of hydrogen-bond donors (Lipinski definition) is 0. The third kappa shape index (κ3) is 2.89. The van der Waals surface area contributed by atoms with Gasteiger partial charge in [0.1, 0.15) is 11.4 Å². The number of Topliss-reactive ketones (excluding diaryl/α,β-unsaturated/α-hetero) is 1. The molecule has 3 rings (SSSR count). The fraction of sp³-hybridized carbons (Fsp3) is 0.353. The number of hydrogen-bond acceptors (Lipinski definition) is 5. The molecule has 2 aliphatic heterocycles. The first kappa shape index (κ1) is 16.2. The van der Waals surface area contributed by atoms with E-state index in [-0.39, 0.29) is 23.9 Å². The minimum atomic E-state index is -1.00. The maximum Gasteiger partial charge on any atom is 0.343 e. The number of benzene rings is 1. The molecule has 126 valence electrons. The fourth-order valence-electron chi connectivity index (χ4n) is 2.90. The molecule has 6 nitrogen and oxygen atoms in total. The van der Waals surface area contributed by atoms with Crippen LogP contribution >= 0.6 is 0 Å². The molecule has 1 saturated heterocycles. The second kappa shape index (κ2) is 6.43. The minimum Gasteiger partial charge on any atom is -0.462 e. The number of carbonyl (C=O) groups excluding carboxylic acids is 3. The molecule has 1 fully saturated rings. The van der Waals surface area contributed by atoms with Gasteiger partial charge in [0.05, 0.1) is 6.61 Å². The molecule has 7 heteroatoms. The summed E-state index contributed by atoms with van der Waals surface area (Å²) < 4.78 is 17.8. The van der Waals surface area contributed by atoms with E-state index in [0.29, 0.717) is 19.6 Å². The number of rotatable bonds is 4.